The second kappa shape index (κ2) is 9.71. The average Bonchev–Trinajstić information content (AvgIpc) is 2.78. The first-order valence-corrected chi connectivity index (χ1v) is 10.0. The molecular formula is C22H23F3N6O. The molecule has 0 spiro atoms. The van der Waals surface area contributed by atoms with E-state index in [0.717, 1.165) is 19.3 Å². The van der Waals surface area contributed by atoms with E-state index in [0.29, 0.717) is 12.1 Å². The van der Waals surface area contributed by atoms with E-state index in [1.165, 1.54) is 30.6 Å². The molecule has 1 amide bonds. The fraction of sp³-hybridized carbons (Fsp3) is 0.318. The van der Waals surface area contributed by atoms with E-state index in [4.69, 9.17) is 0 Å². The van der Waals surface area contributed by atoms with E-state index in [-0.39, 0.29) is 41.4 Å². The topological polar surface area (TPSA) is 83.9 Å². The predicted octanol–water partition coefficient (Wildman–Crippen LogP) is 4.15. The Kier molecular flexibility index (Phi) is 7.01. The Morgan fingerprint density at radius 2 is 1.81 bits per heavy atom. The summed E-state index contributed by atoms with van der Waals surface area (Å²) >= 11 is 0. The number of nitrogens with one attached hydrogen (secondary N) is 1. The highest BCUT2D eigenvalue weighted by Crippen LogP contribution is 2.26. The first kappa shape index (κ1) is 23.1. The van der Waals surface area contributed by atoms with Crippen LogP contribution in [-0.4, -0.2) is 49.9 Å². The maximum atomic E-state index is 13.9. The molecule has 0 unspecified atom stereocenters. The van der Waals surface area contributed by atoms with E-state index < -0.39 is 11.7 Å². The molecule has 0 saturated heterocycles. The van der Waals surface area contributed by atoms with Gasteiger partial charge in [-0.3, -0.25) is 4.79 Å². The highest BCUT2D eigenvalue weighted by Gasteiger charge is 2.26. The molecule has 3 aromatic rings. The quantitative estimate of drug-likeness (QED) is 0.562. The van der Waals surface area contributed by atoms with Gasteiger partial charge in [0, 0.05) is 56.4 Å². The second-order valence-electron chi connectivity index (χ2n) is 7.27. The van der Waals surface area contributed by atoms with Gasteiger partial charge in [-0.2, -0.15) is 0 Å². The zero-order chi connectivity index (χ0) is 23.3. The van der Waals surface area contributed by atoms with Crippen molar-refractivity contribution in [2.75, 3.05) is 18.4 Å². The minimum absolute atomic E-state index is 0.175. The molecule has 0 aliphatic heterocycles. The molecule has 2 heterocycles. The third-order valence-electron chi connectivity index (χ3n) is 4.87. The molecule has 10 heteroatoms. The smallest absolute Gasteiger partial charge is 0.273 e. The van der Waals surface area contributed by atoms with E-state index >= 15 is 0 Å². The molecule has 7 nitrogen and oxygen atoms in total. The third kappa shape index (κ3) is 5.37. The van der Waals surface area contributed by atoms with E-state index in [1.807, 2.05) is 13.8 Å². The number of rotatable bonds is 8. The fourth-order valence-electron chi connectivity index (χ4n) is 3.13. The third-order valence-corrected chi connectivity index (χ3v) is 4.87. The van der Waals surface area contributed by atoms with Crippen LogP contribution in [0.25, 0.3) is 11.4 Å². The standard InChI is InChI=1S/C22H23F3N6O/c1-4-31(14(2)11-28-21-29-12-15(13-30-21)22(3,24)25)20(32)17-7-6-16(23)10-18(17)19-26-8-5-9-27-19/h5-10,12-14H,4,11H2,1-3H3,(H,28,29,30)/t14-/m0/s1. The van der Waals surface area contributed by atoms with Gasteiger partial charge in [-0.15, -0.1) is 0 Å². The SMILES string of the molecule is CCN(C(=O)c1ccc(F)cc1-c1ncccn1)[C@@H](C)CNc1ncc(C(C)(F)F)cn1. The Balaban J connectivity index is 1.76. The molecule has 32 heavy (non-hydrogen) atoms. The van der Waals surface area contributed by atoms with Crippen LogP contribution in [0.4, 0.5) is 19.1 Å². The zero-order valence-electron chi connectivity index (χ0n) is 17.9. The average molecular weight is 444 g/mol. The van der Waals surface area contributed by atoms with Crippen molar-refractivity contribution >= 4 is 11.9 Å². The van der Waals surface area contributed by atoms with Crippen molar-refractivity contribution < 1.29 is 18.0 Å². The fourth-order valence-corrected chi connectivity index (χ4v) is 3.13. The van der Waals surface area contributed by atoms with Gasteiger partial charge in [0.1, 0.15) is 5.82 Å². The van der Waals surface area contributed by atoms with Crippen LogP contribution in [0.1, 0.15) is 36.7 Å². The van der Waals surface area contributed by atoms with Gasteiger partial charge >= 0.3 is 0 Å². The summed E-state index contributed by atoms with van der Waals surface area (Å²) in [5, 5.41) is 2.95. The van der Waals surface area contributed by atoms with Gasteiger partial charge < -0.3 is 10.2 Å². The first-order chi connectivity index (χ1) is 15.2. The van der Waals surface area contributed by atoms with Crippen LogP contribution >= 0.6 is 0 Å². The number of aromatic nitrogens is 4. The summed E-state index contributed by atoms with van der Waals surface area (Å²) < 4.78 is 40.5. The van der Waals surface area contributed by atoms with Crippen molar-refractivity contribution in [3.05, 3.63) is 66.0 Å². The van der Waals surface area contributed by atoms with Gasteiger partial charge in [-0.25, -0.2) is 33.1 Å². The molecule has 0 saturated carbocycles. The lowest BCUT2D eigenvalue weighted by atomic mass is 10.0. The van der Waals surface area contributed by atoms with E-state index in [9.17, 15) is 18.0 Å². The lowest BCUT2D eigenvalue weighted by Gasteiger charge is -2.29. The predicted molar refractivity (Wildman–Crippen MR) is 114 cm³/mol. The van der Waals surface area contributed by atoms with Crippen LogP contribution in [-0.2, 0) is 5.92 Å². The van der Waals surface area contributed by atoms with Gasteiger partial charge in [0.2, 0.25) is 5.95 Å². The molecule has 0 bridgehead atoms. The van der Waals surface area contributed by atoms with Crippen molar-refractivity contribution in [1.29, 1.82) is 0 Å². The molecule has 0 fully saturated rings. The van der Waals surface area contributed by atoms with Crippen molar-refractivity contribution in [2.45, 2.75) is 32.7 Å². The van der Waals surface area contributed by atoms with E-state index in [1.54, 1.807) is 11.0 Å². The molecule has 168 valence electrons. The molecule has 2 aromatic heterocycles. The summed E-state index contributed by atoms with van der Waals surface area (Å²) in [5.41, 5.74) is 0.291. The number of carbonyl (C=O) groups excluding carboxylic acids is 1. The first-order valence-electron chi connectivity index (χ1n) is 10.0. The number of likely N-dealkylation sites (N-methyl/N-ethyl adjacent to an activating group) is 1. The van der Waals surface area contributed by atoms with Crippen molar-refractivity contribution in [2.24, 2.45) is 0 Å². The van der Waals surface area contributed by atoms with Crippen LogP contribution in [0.3, 0.4) is 0 Å². The number of hydrogen-bond donors (Lipinski definition) is 1. The van der Waals surface area contributed by atoms with Crippen LogP contribution in [0, 0.1) is 5.82 Å². The number of anilines is 1. The number of nitrogens with zero attached hydrogens (tertiary/aromatic N) is 5. The highest BCUT2D eigenvalue weighted by atomic mass is 19.3. The summed E-state index contributed by atoms with van der Waals surface area (Å²) in [4.78, 5) is 31.0. The number of alkyl halides is 2. The summed E-state index contributed by atoms with van der Waals surface area (Å²) in [6, 6.07) is 5.19. The molecule has 1 N–H and O–H groups in total. The Morgan fingerprint density at radius 3 is 2.41 bits per heavy atom. The lowest BCUT2D eigenvalue weighted by Crippen LogP contribution is -2.42. The minimum Gasteiger partial charge on any atom is -0.352 e. The van der Waals surface area contributed by atoms with Crippen molar-refractivity contribution in [3.8, 4) is 11.4 Å². The zero-order valence-corrected chi connectivity index (χ0v) is 17.9. The highest BCUT2D eigenvalue weighted by molar-refractivity contribution is 6.00. The molecule has 0 aliphatic carbocycles. The maximum absolute atomic E-state index is 13.9. The van der Waals surface area contributed by atoms with Gasteiger partial charge in [0.15, 0.2) is 5.82 Å². The number of carbonyl (C=O) groups is 1. The Bertz CT molecular complexity index is 1060. The normalized spacial score (nSPS) is 12.3. The number of hydrogen-bond acceptors (Lipinski definition) is 6. The number of halogens is 3. The van der Waals surface area contributed by atoms with Crippen molar-refractivity contribution in [1.82, 2.24) is 24.8 Å². The van der Waals surface area contributed by atoms with Gasteiger partial charge in [0.05, 0.1) is 11.1 Å². The summed E-state index contributed by atoms with van der Waals surface area (Å²) in [5.74, 6) is -3.41. The van der Waals surface area contributed by atoms with E-state index in [2.05, 4.69) is 25.3 Å². The van der Waals surface area contributed by atoms with Crippen LogP contribution < -0.4 is 5.32 Å². The van der Waals surface area contributed by atoms with Crippen LogP contribution in [0.15, 0.2) is 49.1 Å². The summed E-state index contributed by atoms with van der Waals surface area (Å²) in [6.07, 6.45) is 5.16. The van der Waals surface area contributed by atoms with Crippen LogP contribution in [0.2, 0.25) is 0 Å². The van der Waals surface area contributed by atoms with Crippen molar-refractivity contribution in [3.63, 3.8) is 0 Å². The maximum Gasteiger partial charge on any atom is 0.273 e. The second-order valence-corrected chi connectivity index (χ2v) is 7.27. The largest absolute Gasteiger partial charge is 0.352 e. The Morgan fingerprint density at radius 1 is 1.16 bits per heavy atom. The molecule has 3 rings (SSSR count). The molecule has 1 atom stereocenters. The minimum atomic E-state index is -3.02. The molecule has 0 aliphatic rings. The van der Waals surface area contributed by atoms with Crippen LogP contribution in [0.5, 0.6) is 0 Å². The number of benzene rings is 1. The van der Waals surface area contributed by atoms with Gasteiger partial charge in [-0.1, -0.05) is 0 Å². The molecule has 0 radical (unpaired) electrons. The summed E-state index contributed by atoms with van der Waals surface area (Å²) in [7, 11) is 0. The Labute approximate surface area is 183 Å². The monoisotopic (exact) mass is 444 g/mol. The van der Waals surface area contributed by atoms with Gasteiger partial charge in [0.25, 0.3) is 11.8 Å². The number of amides is 1. The summed E-state index contributed by atoms with van der Waals surface area (Å²) in [6.45, 7) is 5.09. The molecule has 1 aromatic carbocycles. The molecular weight excluding hydrogens is 421 g/mol. The Hall–Kier alpha value is -3.56. The van der Waals surface area contributed by atoms with Gasteiger partial charge in [-0.05, 0) is 38.1 Å². The lowest BCUT2D eigenvalue weighted by molar-refractivity contribution is 0.0167.